The molecule has 0 aliphatic rings. The number of rotatable bonds is 7. The van der Waals surface area contributed by atoms with E-state index in [-0.39, 0.29) is 12.4 Å². The van der Waals surface area contributed by atoms with Crippen molar-refractivity contribution in [2.45, 2.75) is 13.8 Å². The summed E-state index contributed by atoms with van der Waals surface area (Å²) in [5.41, 5.74) is 3.46. The molecule has 134 valence electrons. The highest BCUT2D eigenvalue weighted by atomic mass is 16.5. The SMILES string of the molecule is C=CC(=C)/C=C\c1cc(C(=O)OCC)c(C)c(Nc2ccccc2)c1O. The lowest BCUT2D eigenvalue weighted by Crippen LogP contribution is -2.09. The molecule has 26 heavy (non-hydrogen) atoms. The summed E-state index contributed by atoms with van der Waals surface area (Å²) in [4.78, 5) is 12.3. The molecule has 0 saturated carbocycles. The van der Waals surface area contributed by atoms with Crippen molar-refractivity contribution in [2.75, 3.05) is 11.9 Å². The van der Waals surface area contributed by atoms with Crippen molar-refractivity contribution in [1.29, 1.82) is 0 Å². The van der Waals surface area contributed by atoms with Crippen molar-refractivity contribution in [2.24, 2.45) is 0 Å². The quantitative estimate of drug-likeness (QED) is 0.400. The second kappa shape index (κ2) is 8.72. The average Bonchev–Trinajstić information content (AvgIpc) is 2.65. The fourth-order valence-electron chi connectivity index (χ4n) is 2.42. The molecule has 0 saturated heterocycles. The van der Waals surface area contributed by atoms with Gasteiger partial charge in [0, 0.05) is 11.3 Å². The average molecular weight is 349 g/mol. The molecule has 2 aromatic rings. The highest BCUT2D eigenvalue weighted by Crippen LogP contribution is 2.37. The van der Waals surface area contributed by atoms with Crippen LogP contribution in [-0.2, 0) is 4.74 Å². The Balaban J connectivity index is 2.58. The number of allylic oxidation sites excluding steroid dienone is 3. The summed E-state index contributed by atoms with van der Waals surface area (Å²) in [7, 11) is 0. The van der Waals surface area contributed by atoms with Gasteiger partial charge in [-0.25, -0.2) is 4.79 Å². The number of anilines is 2. The van der Waals surface area contributed by atoms with E-state index in [9.17, 15) is 9.90 Å². The zero-order valence-electron chi connectivity index (χ0n) is 15.1. The molecule has 0 unspecified atom stereocenters. The van der Waals surface area contributed by atoms with Crippen LogP contribution in [0.4, 0.5) is 11.4 Å². The minimum atomic E-state index is -0.432. The second-order valence-electron chi connectivity index (χ2n) is 5.69. The number of esters is 1. The number of ether oxygens (including phenoxy) is 1. The maximum Gasteiger partial charge on any atom is 0.338 e. The van der Waals surface area contributed by atoms with Crippen molar-refractivity contribution in [1.82, 2.24) is 0 Å². The zero-order chi connectivity index (χ0) is 19.1. The van der Waals surface area contributed by atoms with E-state index in [1.807, 2.05) is 30.3 Å². The molecule has 0 aromatic heterocycles. The highest BCUT2D eigenvalue weighted by molar-refractivity contribution is 5.96. The van der Waals surface area contributed by atoms with E-state index in [1.165, 1.54) is 0 Å². The molecule has 2 rings (SSSR count). The monoisotopic (exact) mass is 349 g/mol. The highest BCUT2D eigenvalue weighted by Gasteiger charge is 2.19. The van der Waals surface area contributed by atoms with E-state index in [1.54, 1.807) is 38.1 Å². The minimum absolute atomic E-state index is 0.0486. The van der Waals surface area contributed by atoms with Gasteiger partial charge in [-0.1, -0.05) is 49.6 Å². The van der Waals surface area contributed by atoms with Gasteiger partial charge in [0.2, 0.25) is 0 Å². The van der Waals surface area contributed by atoms with Crippen LogP contribution in [0, 0.1) is 6.92 Å². The van der Waals surface area contributed by atoms with Gasteiger partial charge in [-0.3, -0.25) is 0 Å². The van der Waals surface area contributed by atoms with Crippen molar-refractivity contribution in [3.63, 3.8) is 0 Å². The molecule has 4 heteroatoms. The number of phenolic OH excluding ortho intramolecular Hbond substituents is 1. The van der Waals surface area contributed by atoms with Gasteiger partial charge >= 0.3 is 5.97 Å². The number of carbonyl (C=O) groups is 1. The van der Waals surface area contributed by atoms with E-state index in [0.29, 0.717) is 28.0 Å². The number of phenols is 1. The summed E-state index contributed by atoms with van der Waals surface area (Å²) < 4.78 is 5.15. The van der Waals surface area contributed by atoms with Crippen molar-refractivity contribution in [3.8, 4) is 5.75 Å². The maximum absolute atomic E-state index is 12.3. The van der Waals surface area contributed by atoms with Crippen LogP contribution in [0.3, 0.4) is 0 Å². The molecule has 0 atom stereocenters. The molecule has 2 N–H and O–H groups in total. The molecule has 0 amide bonds. The fourth-order valence-corrected chi connectivity index (χ4v) is 2.42. The van der Waals surface area contributed by atoms with Crippen LogP contribution in [0.15, 0.2) is 67.3 Å². The fraction of sp³-hybridized carbons (Fsp3) is 0.136. The Bertz CT molecular complexity index is 851. The van der Waals surface area contributed by atoms with Crippen LogP contribution >= 0.6 is 0 Å². The Morgan fingerprint density at radius 1 is 1.31 bits per heavy atom. The lowest BCUT2D eigenvalue weighted by molar-refractivity contribution is 0.0525. The first kappa shape index (κ1) is 19.1. The lowest BCUT2D eigenvalue weighted by Gasteiger charge is -2.17. The van der Waals surface area contributed by atoms with Crippen LogP contribution in [-0.4, -0.2) is 17.7 Å². The minimum Gasteiger partial charge on any atom is -0.505 e. The number of para-hydroxylation sites is 1. The molecule has 0 heterocycles. The Labute approximate surface area is 154 Å². The number of nitrogens with one attached hydrogen (secondary N) is 1. The molecule has 0 bridgehead atoms. The van der Waals surface area contributed by atoms with Gasteiger partial charge < -0.3 is 15.2 Å². The van der Waals surface area contributed by atoms with E-state index in [2.05, 4.69) is 18.5 Å². The Morgan fingerprint density at radius 3 is 2.62 bits per heavy atom. The molecular formula is C22H23NO3. The van der Waals surface area contributed by atoms with Gasteiger partial charge in [-0.2, -0.15) is 0 Å². The predicted octanol–water partition coefficient (Wildman–Crippen LogP) is 5.38. The number of carbonyl (C=O) groups excluding carboxylic acids is 1. The smallest absolute Gasteiger partial charge is 0.338 e. The third-order valence-corrected chi connectivity index (χ3v) is 3.87. The molecule has 0 aliphatic heterocycles. The molecule has 0 radical (unpaired) electrons. The van der Waals surface area contributed by atoms with Crippen molar-refractivity contribution < 1.29 is 14.6 Å². The van der Waals surface area contributed by atoms with Crippen molar-refractivity contribution in [3.05, 3.63) is 84.0 Å². The number of benzene rings is 2. The first-order valence-electron chi connectivity index (χ1n) is 8.33. The van der Waals surface area contributed by atoms with Crippen LogP contribution in [0.25, 0.3) is 6.08 Å². The molecule has 2 aromatic carbocycles. The van der Waals surface area contributed by atoms with Crippen LogP contribution in [0.2, 0.25) is 0 Å². The second-order valence-corrected chi connectivity index (χ2v) is 5.69. The van der Waals surface area contributed by atoms with Gasteiger partial charge in [0.25, 0.3) is 0 Å². The zero-order valence-corrected chi connectivity index (χ0v) is 15.1. The largest absolute Gasteiger partial charge is 0.505 e. The summed E-state index contributed by atoms with van der Waals surface area (Å²) in [6.07, 6.45) is 5.02. The lowest BCUT2D eigenvalue weighted by atomic mass is 10.00. The number of hydrogen-bond acceptors (Lipinski definition) is 4. The third kappa shape index (κ3) is 4.42. The summed E-state index contributed by atoms with van der Waals surface area (Å²) in [5.74, 6) is -0.383. The first-order chi connectivity index (χ1) is 12.5. The van der Waals surface area contributed by atoms with Crippen molar-refractivity contribution >= 4 is 23.4 Å². The molecule has 0 aliphatic carbocycles. The normalized spacial score (nSPS) is 10.5. The Kier molecular flexibility index (Phi) is 6.39. The van der Waals surface area contributed by atoms with Gasteiger partial charge in [0.1, 0.15) is 5.75 Å². The summed E-state index contributed by atoms with van der Waals surface area (Å²) >= 11 is 0. The van der Waals surface area contributed by atoms with Gasteiger partial charge in [0.05, 0.1) is 17.9 Å². The molecule has 0 spiro atoms. The van der Waals surface area contributed by atoms with Gasteiger partial charge in [-0.15, -0.1) is 0 Å². The molecule has 4 nitrogen and oxygen atoms in total. The summed E-state index contributed by atoms with van der Waals surface area (Å²) in [6.45, 7) is 11.3. The van der Waals surface area contributed by atoms with E-state index >= 15 is 0 Å². The van der Waals surface area contributed by atoms with E-state index in [0.717, 1.165) is 5.69 Å². The summed E-state index contributed by atoms with van der Waals surface area (Å²) in [5, 5.41) is 13.9. The van der Waals surface area contributed by atoms with Crippen LogP contribution in [0.5, 0.6) is 5.75 Å². The third-order valence-electron chi connectivity index (χ3n) is 3.87. The Hall–Kier alpha value is -3.27. The van der Waals surface area contributed by atoms with E-state index < -0.39 is 5.97 Å². The van der Waals surface area contributed by atoms with E-state index in [4.69, 9.17) is 4.74 Å². The van der Waals surface area contributed by atoms with Crippen LogP contribution in [0.1, 0.15) is 28.4 Å². The topological polar surface area (TPSA) is 58.6 Å². The van der Waals surface area contributed by atoms with Crippen LogP contribution < -0.4 is 5.32 Å². The molecule has 0 fully saturated rings. The van der Waals surface area contributed by atoms with Gasteiger partial charge in [0.15, 0.2) is 0 Å². The number of hydrogen-bond donors (Lipinski definition) is 2. The molecular weight excluding hydrogens is 326 g/mol. The predicted molar refractivity (Wildman–Crippen MR) is 107 cm³/mol. The maximum atomic E-state index is 12.3. The number of aromatic hydroxyl groups is 1. The summed E-state index contributed by atoms with van der Waals surface area (Å²) in [6, 6.07) is 11.1. The standard InChI is InChI=1S/C22H23NO3/c1-5-15(3)12-13-17-14-19(22(25)26-6-2)16(4)20(21(17)24)23-18-10-8-7-9-11-18/h5,7-14,23-24H,1,3,6H2,2,4H3/b13-12-. The first-order valence-corrected chi connectivity index (χ1v) is 8.33. The Morgan fingerprint density at radius 2 is 2.00 bits per heavy atom. The van der Waals surface area contributed by atoms with Gasteiger partial charge in [-0.05, 0) is 43.2 Å².